The molecule has 3 N–H and O–H groups in total. The van der Waals surface area contributed by atoms with E-state index in [0.29, 0.717) is 18.2 Å². The van der Waals surface area contributed by atoms with Crippen molar-refractivity contribution in [3.8, 4) is 11.5 Å². The summed E-state index contributed by atoms with van der Waals surface area (Å²) in [5.41, 5.74) is 2.01. The van der Waals surface area contributed by atoms with E-state index >= 15 is 0 Å². The van der Waals surface area contributed by atoms with Crippen molar-refractivity contribution in [2.45, 2.75) is 39.3 Å². The van der Waals surface area contributed by atoms with Crippen LogP contribution in [0.3, 0.4) is 0 Å². The van der Waals surface area contributed by atoms with Gasteiger partial charge in [-0.2, -0.15) is 0 Å². The van der Waals surface area contributed by atoms with Crippen molar-refractivity contribution in [3.05, 3.63) is 59.7 Å². The summed E-state index contributed by atoms with van der Waals surface area (Å²) in [4.78, 5) is 4.61. The average Bonchev–Trinajstić information content (AvgIpc) is 2.67. The lowest BCUT2D eigenvalue weighted by atomic mass is 9.94. The minimum absolute atomic E-state index is 0.203. The SMILES string of the molecule is CCNC(=NCc1cc(OC)ccc1O)NC(C)C(C)c1ccccc1. The van der Waals surface area contributed by atoms with Crippen LogP contribution in [-0.4, -0.2) is 30.8 Å². The van der Waals surface area contributed by atoms with Gasteiger partial charge in [-0.3, -0.25) is 0 Å². The van der Waals surface area contributed by atoms with Crippen LogP contribution in [0.4, 0.5) is 0 Å². The second-order valence-electron chi connectivity index (χ2n) is 6.32. The predicted octanol–water partition coefficient (Wildman–Crippen LogP) is 3.65. The Bertz CT molecular complexity index is 716. The van der Waals surface area contributed by atoms with E-state index in [0.717, 1.165) is 18.1 Å². The van der Waals surface area contributed by atoms with Gasteiger partial charge in [0.25, 0.3) is 0 Å². The van der Waals surface area contributed by atoms with E-state index in [-0.39, 0.29) is 11.8 Å². The first-order valence-corrected chi connectivity index (χ1v) is 9.00. The predicted molar refractivity (Wildman–Crippen MR) is 107 cm³/mol. The number of ether oxygens (including phenoxy) is 1. The van der Waals surface area contributed by atoms with Gasteiger partial charge in [0.1, 0.15) is 11.5 Å². The van der Waals surface area contributed by atoms with Crippen LogP contribution in [0.1, 0.15) is 37.8 Å². The topological polar surface area (TPSA) is 65.9 Å². The van der Waals surface area contributed by atoms with Crippen LogP contribution in [-0.2, 0) is 6.54 Å². The van der Waals surface area contributed by atoms with Gasteiger partial charge in [0.2, 0.25) is 0 Å². The van der Waals surface area contributed by atoms with E-state index in [2.05, 4.69) is 53.7 Å². The summed E-state index contributed by atoms with van der Waals surface area (Å²) < 4.78 is 5.22. The summed E-state index contributed by atoms with van der Waals surface area (Å²) in [6.07, 6.45) is 0. The first-order valence-electron chi connectivity index (χ1n) is 9.00. The van der Waals surface area contributed by atoms with E-state index in [9.17, 15) is 5.11 Å². The summed E-state index contributed by atoms with van der Waals surface area (Å²) in [7, 11) is 1.61. The Labute approximate surface area is 156 Å². The average molecular weight is 355 g/mol. The molecular formula is C21H29N3O2. The van der Waals surface area contributed by atoms with Crippen LogP contribution in [0.15, 0.2) is 53.5 Å². The van der Waals surface area contributed by atoms with E-state index < -0.39 is 0 Å². The van der Waals surface area contributed by atoms with Gasteiger partial charge in [-0.15, -0.1) is 0 Å². The Balaban J connectivity index is 2.09. The Morgan fingerprint density at radius 3 is 2.54 bits per heavy atom. The molecule has 5 nitrogen and oxygen atoms in total. The number of nitrogens with zero attached hydrogens (tertiary/aromatic N) is 1. The van der Waals surface area contributed by atoms with Gasteiger partial charge in [0.15, 0.2) is 5.96 Å². The van der Waals surface area contributed by atoms with Gasteiger partial charge in [-0.1, -0.05) is 37.3 Å². The maximum atomic E-state index is 10.0. The van der Waals surface area contributed by atoms with Crippen molar-refractivity contribution in [2.75, 3.05) is 13.7 Å². The monoisotopic (exact) mass is 355 g/mol. The second kappa shape index (κ2) is 9.70. The molecule has 0 spiro atoms. The molecule has 26 heavy (non-hydrogen) atoms. The summed E-state index contributed by atoms with van der Waals surface area (Å²) in [5.74, 6) is 1.99. The molecular weight excluding hydrogens is 326 g/mol. The Morgan fingerprint density at radius 1 is 1.15 bits per heavy atom. The van der Waals surface area contributed by atoms with Gasteiger partial charge in [-0.25, -0.2) is 4.99 Å². The molecule has 2 unspecified atom stereocenters. The summed E-state index contributed by atoms with van der Waals surface area (Å²) in [6, 6.07) is 15.8. The third kappa shape index (κ3) is 5.41. The molecule has 2 rings (SSSR count). The van der Waals surface area contributed by atoms with Crippen molar-refractivity contribution >= 4 is 5.96 Å². The fourth-order valence-electron chi connectivity index (χ4n) is 2.69. The number of rotatable bonds is 7. The molecule has 0 aromatic heterocycles. The van der Waals surface area contributed by atoms with Crippen molar-refractivity contribution in [1.29, 1.82) is 0 Å². The fraction of sp³-hybridized carbons (Fsp3) is 0.381. The Morgan fingerprint density at radius 2 is 1.88 bits per heavy atom. The van der Waals surface area contributed by atoms with Crippen LogP contribution < -0.4 is 15.4 Å². The number of nitrogens with one attached hydrogen (secondary N) is 2. The van der Waals surface area contributed by atoms with Gasteiger partial charge in [0, 0.05) is 24.1 Å². The molecule has 0 fully saturated rings. The zero-order valence-corrected chi connectivity index (χ0v) is 16.0. The number of phenols is 1. The highest BCUT2D eigenvalue weighted by Crippen LogP contribution is 2.23. The number of aliphatic imine (C=N–C) groups is 1. The molecule has 0 aliphatic rings. The third-order valence-electron chi connectivity index (χ3n) is 4.48. The molecule has 0 aliphatic carbocycles. The lowest BCUT2D eigenvalue weighted by molar-refractivity contribution is 0.411. The van der Waals surface area contributed by atoms with Gasteiger partial charge >= 0.3 is 0 Å². The van der Waals surface area contributed by atoms with Crippen molar-refractivity contribution in [3.63, 3.8) is 0 Å². The van der Waals surface area contributed by atoms with Crippen LogP contribution in [0.2, 0.25) is 0 Å². The van der Waals surface area contributed by atoms with Crippen LogP contribution in [0.25, 0.3) is 0 Å². The number of guanidine groups is 1. The molecule has 0 amide bonds. The Kier molecular flexibility index (Phi) is 7.33. The molecule has 0 saturated carbocycles. The van der Waals surface area contributed by atoms with Crippen LogP contribution >= 0.6 is 0 Å². The second-order valence-corrected chi connectivity index (χ2v) is 6.32. The molecule has 2 aromatic rings. The molecule has 0 aliphatic heterocycles. The normalized spacial score (nSPS) is 13.8. The number of hydrogen-bond donors (Lipinski definition) is 3. The molecule has 0 radical (unpaired) electrons. The molecule has 2 aromatic carbocycles. The summed E-state index contributed by atoms with van der Waals surface area (Å²) in [5, 5.41) is 16.8. The lowest BCUT2D eigenvalue weighted by Gasteiger charge is -2.24. The van der Waals surface area contributed by atoms with Crippen LogP contribution in [0.5, 0.6) is 11.5 Å². The molecule has 0 saturated heterocycles. The van der Waals surface area contributed by atoms with Crippen molar-refractivity contribution in [2.24, 2.45) is 4.99 Å². The van der Waals surface area contributed by atoms with Crippen molar-refractivity contribution in [1.82, 2.24) is 10.6 Å². The first-order chi connectivity index (χ1) is 12.5. The van der Waals surface area contributed by atoms with Gasteiger partial charge in [-0.05, 0) is 37.6 Å². The number of methoxy groups -OCH3 is 1. The quantitative estimate of drug-likeness (QED) is 0.524. The highest BCUT2D eigenvalue weighted by molar-refractivity contribution is 5.80. The van der Waals surface area contributed by atoms with Gasteiger partial charge < -0.3 is 20.5 Å². The minimum Gasteiger partial charge on any atom is -0.508 e. The molecule has 140 valence electrons. The number of aromatic hydroxyl groups is 1. The summed E-state index contributed by atoms with van der Waals surface area (Å²) in [6.45, 7) is 7.51. The maximum absolute atomic E-state index is 10.0. The van der Waals surface area contributed by atoms with E-state index in [1.807, 2.05) is 13.0 Å². The first kappa shape index (κ1) is 19.6. The zero-order valence-electron chi connectivity index (χ0n) is 16.0. The summed E-state index contributed by atoms with van der Waals surface area (Å²) >= 11 is 0. The van der Waals surface area contributed by atoms with E-state index in [1.165, 1.54) is 5.56 Å². The van der Waals surface area contributed by atoms with Crippen molar-refractivity contribution < 1.29 is 9.84 Å². The maximum Gasteiger partial charge on any atom is 0.191 e. The number of phenolic OH excluding ortho intramolecular Hbond substituents is 1. The lowest BCUT2D eigenvalue weighted by Crippen LogP contribution is -2.44. The molecule has 5 heteroatoms. The van der Waals surface area contributed by atoms with Crippen LogP contribution in [0, 0.1) is 0 Å². The van der Waals surface area contributed by atoms with E-state index in [1.54, 1.807) is 25.3 Å². The zero-order chi connectivity index (χ0) is 18.9. The molecule has 0 heterocycles. The Hall–Kier alpha value is -2.69. The molecule has 0 bridgehead atoms. The standard InChI is InChI=1S/C21H29N3O2/c1-5-22-21(23-14-18-13-19(26-4)11-12-20(18)25)24-16(3)15(2)17-9-7-6-8-10-17/h6-13,15-16,25H,5,14H2,1-4H3,(H2,22,23,24). The smallest absolute Gasteiger partial charge is 0.191 e. The minimum atomic E-state index is 0.203. The largest absolute Gasteiger partial charge is 0.508 e. The molecule has 2 atom stereocenters. The third-order valence-corrected chi connectivity index (χ3v) is 4.48. The van der Waals surface area contributed by atoms with E-state index in [4.69, 9.17) is 4.74 Å². The highest BCUT2D eigenvalue weighted by atomic mass is 16.5. The highest BCUT2D eigenvalue weighted by Gasteiger charge is 2.15. The number of hydrogen-bond acceptors (Lipinski definition) is 3. The number of benzene rings is 2. The van der Waals surface area contributed by atoms with Gasteiger partial charge in [0.05, 0.1) is 13.7 Å². The fourth-order valence-corrected chi connectivity index (χ4v) is 2.69.